The summed E-state index contributed by atoms with van der Waals surface area (Å²) in [5.74, 6) is 0.988. The molecule has 0 unspecified atom stereocenters. The molecular weight excluding hydrogens is 352 g/mol. The largest absolute Gasteiger partial charge is 0.462 e. The van der Waals surface area contributed by atoms with E-state index < -0.39 is 0 Å². The molecule has 0 atom stereocenters. The number of carbonyl (C=O) groups excluding carboxylic acids is 1. The van der Waals surface area contributed by atoms with Gasteiger partial charge in [0.2, 0.25) is 0 Å². The van der Waals surface area contributed by atoms with Crippen LogP contribution in [0.2, 0.25) is 0 Å². The van der Waals surface area contributed by atoms with Gasteiger partial charge in [-0.25, -0.2) is 14.8 Å². The van der Waals surface area contributed by atoms with E-state index in [1.807, 2.05) is 24.3 Å². The van der Waals surface area contributed by atoms with Crippen molar-refractivity contribution in [2.24, 2.45) is 0 Å². The second-order valence-electron chi connectivity index (χ2n) is 4.25. The zero-order valence-electron chi connectivity index (χ0n) is 11.8. The van der Waals surface area contributed by atoms with E-state index in [9.17, 15) is 4.79 Å². The molecule has 0 amide bonds. The zero-order valence-corrected chi connectivity index (χ0v) is 14.2. The van der Waals surface area contributed by atoms with Crippen LogP contribution in [0.5, 0.6) is 0 Å². The fraction of sp³-hybridized carbons (Fsp3) is 0.267. The SMILES string of the molecule is CCOC(=O)c1cnc(CSc2ccc(Br)cc2)nc1C. The first-order chi connectivity index (χ1) is 10.1. The van der Waals surface area contributed by atoms with Crippen molar-refractivity contribution >= 4 is 33.7 Å². The van der Waals surface area contributed by atoms with Gasteiger partial charge in [-0.3, -0.25) is 0 Å². The third-order valence-corrected chi connectivity index (χ3v) is 4.24. The number of hydrogen-bond donors (Lipinski definition) is 0. The molecule has 4 nitrogen and oxygen atoms in total. The molecule has 2 aromatic rings. The minimum absolute atomic E-state index is 0.347. The van der Waals surface area contributed by atoms with Gasteiger partial charge in [0.05, 0.1) is 23.6 Å². The number of ether oxygens (including phenoxy) is 1. The summed E-state index contributed by atoms with van der Waals surface area (Å²) in [7, 11) is 0. The van der Waals surface area contributed by atoms with Gasteiger partial charge in [-0.05, 0) is 38.1 Å². The molecule has 0 saturated carbocycles. The maximum absolute atomic E-state index is 11.7. The maximum atomic E-state index is 11.7. The minimum Gasteiger partial charge on any atom is -0.462 e. The van der Waals surface area contributed by atoms with Crippen molar-refractivity contribution in [1.82, 2.24) is 9.97 Å². The number of esters is 1. The standard InChI is InChI=1S/C15H15BrN2O2S/c1-3-20-15(19)13-8-17-14(18-10(13)2)9-21-12-6-4-11(16)5-7-12/h4-8H,3,9H2,1-2H3. The number of rotatable bonds is 5. The lowest BCUT2D eigenvalue weighted by molar-refractivity contribution is 0.0524. The monoisotopic (exact) mass is 366 g/mol. The smallest absolute Gasteiger partial charge is 0.341 e. The first-order valence-corrected chi connectivity index (χ1v) is 8.26. The van der Waals surface area contributed by atoms with E-state index in [4.69, 9.17) is 4.74 Å². The van der Waals surface area contributed by atoms with E-state index in [0.29, 0.717) is 29.4 Å². The molecule has 0 radical (unpaired) electrons. The Kier molecular flexibility index (Phi) is 5.76. The van der Waals surface area contributed by atoms with Gasteiger partial charge in [0.1, 0.15) is 5.82 Å². The summed E-state index contributed by atoms with van der Waals surface area (Å²) in [4.78, 5) is 21.4. The number of hydrogen-bond acceptors (Lipinski definition) is 5. The number of carbonyl (C=O) groups is 1. The Labute approximate surface area is 136 Å². The molecule has 0 fully saturated rings. The van der Waals surface area contributed by atoms with Gasteiger partial charge in [0, 0.05) is 15.6 Å². The van der Waals surface area contributed by atoms with Crippen molar-refractivity contribution in [2.45, 2.75) is 24.5 Å². The molecule has 0 saturated heterocycles. The van der Waals surface area contributed by atoms with E-state index >= 15 is 0 Å². The third-order valence-electron chi connectivity index (χ3n) is 2.71. The second kappa shape index (κ2) is 7.56. The third kappa shape index (κ3) is 4.54. The van der Waals surface area contributed by atoms with Crippen LogP contribution in [0.15, 0.2) is 39.8 Å². The number of halogens is 1. The average Bonchev–Trinajstić information content (AvgIpc) is 2.47. The Balaban J connectivity index is 2.03. The first kappa shape index (κ1) is 16.0. The van der Waals surface area contributed by atoms with E-state index in [2.05, 4.69) is 25.9 Å². The summed E-state index contributed by atoms with van der Waals surface area (Å²) in [5.41, 5.74) is 1.07. The molecule has 1 aromatic carbocycles. The molecule has 2 rings (SSSR count). The van der Waals surface area contributed by atoms with Crippen molar-refractivity contribution in [1.29, 1.82) is 0 Å². The van der Waals surface area contributed by atoms with Crippen LogP contribution in [-0.4, -0.2) is 22.5 Å². The Bertz CT molecular complexity index is 632. The van der Waals surface area contributed by atoms with Crippen molar-refractivity contribution in [3.05, 3.63) is 52.0 Å². The highest BCUT2D eigenvalue weighted by Crippen LogP contribution is 2.23. The Morgan fingerprint density at radius 3 is 2.67 bits per heavy atom. The van der Waals surface area contributed by atoms with E-state index in [-0.39, 0.29) is 5.97 Å². The lowest BCUT2D eigenvalue weighted by Crippen LogP contribution is -2.10. The number of aromatic nitrogens is 2. The van der Waals surface area contributed by atoms with Gasteiger partial charge in [0.25, 0.3) is 0 Å². The molecule has 1 heterocycles. The van der Waals surface area contributed by atoms with Gasteiger partial charge in [-0.1, -0.05) is 15.9 Å². The topological polar surface area (TPSA) is 52.1 Å². The number of aryl methyl sites for hydroxylation is 1. The molecule has 6 heteroatoms. The summed E-state index contributed by atoms with van der Waals surface area (Å²) >= 11 is 5.06. The van der Waals surface area contributed by atoms with Crippen LogP contribution in [0.3, 0.4) is 0 Å². The van der Waals surface area contributed by atoms with Gasteiger partial charge >= 0.3 is 5.97 Å². The van der Waals surface area contributed by atoms with Crippen LogP contribution in [0.1, 0.15) is 28.8 Å². The minimum atomic E-state index is -0.373. The van der Waals surface area contributed by atoms with Crippen molar-refractivity contribution < 1.29 is 9.53 Å². The second-order valence-corrected chi connectivity index (χ2v) is 6.21. The highest BCUT2D eigenvalue weighted by molar-refractivity contribution is 9.10. The molecule has 0 aliphatic heterocycles. The normalized spacial score (nSPS) is 10.4. The highest BCUT2D eigenvalue weighted by atomic mass is 79.9. The lowest BCUT2D eigenvalue weighted by Gasteiger charge is -2.06. The van der Waals surface area contributed by atoms with Gasteiger partial charge < -0.3 is 4.74 Å². The van der Waals surface area contributed by atoms with Crippen molar-refractivity contribution in [2.75, 3.05) is 6.61 Å². The molecule has 0 aliphatic carbocycles. The molecule has 1 aromatic heterocycles. The predicted octanol–water partition coefficient (Wildman–Crippen LogP) is 4.02. The summed E-state index contributed by atoms with van der Waals surface area (Å²) in [6, 6.07) is 8.07. The average molecular weight is 367 g/mol. The molecule has 21 heavy (non-hydrogen) atoms. The quantitative estimate of drug-likeness (QED) is 0.590. The van der Waals surface area contributed by atoms with E-state index in [1.165, 1.54) is 6.20 Å². The fourth-order valence-corrected chi connectivity index (χ4v) is 2.70. The van der Waals surface area contributed by atoms with Crippen LogP contribution in [-0.2, 0) is 10.5 Å². The summed E-state index contributed by atoms with van der Waals surface area (Å²) < 4.78 is 6.01. The Hall–Kier alpha value is -1.40. The van der Waals surface area contributed by atoms with Crippen LogP contribution < -0.4 is 0 Å². The Morgan fingerprint density at radius 2 is 2.05 bits per heavy atom. The summed E-state index contributed by atoms with van der Waals surface area (Å²) in [5, 5.41) is 0. The van der Waals surface area contributed by atoms with Crippen molar-refractivity contribution in [3.63, 3.8) is 0 Å². The summed E-state index contributed by atoms with van der Waals surface area (Å²) in [6.45, 7) is 3.92. The predicted molar refractivity (Wildman–Crippen MR) is 86.4 cm³/mol. The van der Waals surface area contributed by atoms with Crippen LogP contribution in [0.4, 0.5) is 0 Å². The molecular formula is C15H15BrN2O2S. The number of thioether (sulfide) groups is 1. The van der Waals surface area contributed by atoms with Gasteiger partial charge in [0.15, 0.2) is 0 Å². The van der Waals surface area contributed by atoms with E-state index in [0.717, 1.165) is 9.37 Å². The van der Waals surface area contributed by atoms with Crippen LogP contribution >= 0.6 is 27.7 Å². The molecule has 0 aliphatic rings. The molecule has 110 valence electrons. The maximum Gasteiger partial charge on any atom is 0.341 e. The fourth-order valence-electron chi connectivity index (χ4n) is 1.67. The Morgan fingerprint density at radius 1 is 1.33 bits per heavy atom. The first-order valence-electron chi connectivity index (χ1n) is 6.48. The van der Waals surface area contributed by atoms with Gasteiger partial charge in [-0.15, -0.1) is 11.8 Å². The number of nitrogens with zero attached hydrogens (tertiary/aromatic N) is 2. The zero-order chi connectivity index (χ0) is 15.2. The molecule has 0 bridgehead atoms. The molecule has 0 N–H and O–H groups in total. The van der Waals surface area contributed by atoms with Crippen LogP contribution in [0, 0.1) is 6.92 Å². The van der Waals surface area contributed by atoms with Gasteiger partial charge in [-0.2, -0.15) is 0 Å². The lowest BCUT2D eigenvalue weighted by atomic mass is 10.2. The van der Waals surface area contributed by atoms with Crippen LogP contribution in [0.25, 0.3) is 0 Å². The van der Waals surface area contributed by atoms with Crippen molar-refractivity contribution in [3.8, 4) is 0 Å². The van der Waals surface area contributed by atoms with E-state index in [1.54, 1.807) is 25.6 Å². The number of benzene rings is 1. The highest BCUT2D eigenvalue weighted by Gasteiger charge is 2.12. The molecule has 0 spiro atoms. The summed E-state index contributed by atoms with van der Waals surface area (Å²) in [6.07, 6.45) is 1.54.